The molecule has 0 aromatic carbocycles. The van der Waals surface area contributed by atoms with Crippen LogP contribution in [0.4, 0.5) is 0 Å². The lowest BCUT2D eigenvalue weighted by molar-refractivity contribution is -0.183. The van der Waals surface area contributed by atoms with Crippen molar-refractivity contribution in [2.45, 2.75) is 30.7 Å². The number of carbonyl (C=O) groups is 2. The van der Waals surface area contributed by atoms with Crippen LogP contribution in [0.15, 0.2) is 0 Å². The van der Waals surface area contributed by atoms with Crippen LogP contribution in [-0.2, 0) is 9.59 Å². The first-order chi connectivity index (χ1) is 6.44. The monoisotopic (exact) mass is 216 g/mol. The van der Waals surface area contributed by atoms with E-state index in [9.17, 15) is 19.8 Å². The summed E-state index contributed by atoms with van der Waals surface area (Å²) in [7, 11) is 2.62. The van der Waals surface area contributed by atoms with Crippen LogP contribution in [0.2, 0.25) is 0 Å². The van der Waals surface area contributed by atoms with Gasteiger partial charge in [0.15, 0.2) is 0 Å². The number of ketones is 2. The van der Waals surface area contributed by atoms with Gasteiger partial charge in [-0.25, -0.2) is 0 Å². The van der Waals surface area contributed by atoms with E-state index in [0.29, 0.717) is 18.5 Å². The summed E-state index contributed by atoms with van der Waals surface area (Å²) in [5.41, 5.74) is 0.307. The van der Waals surface area contributed by atoms with Gasteiger partial charge in [-0.2, -0.15) is 0 Å². The molecule has 0 radical (unpaired) electrons. The molecule has 0 heterocycles. The Kier molecular flexibility index (Phi) is 2.25. The Balaban J connectivity index is 2.30. The molecule has 2 aliphatic carbocycles. The standard InChI is InChI=1S/C9H13O4P/c10-7-5-2-1-4(14)3-6(5)8(11)9(7,12)13/h4-6,12-13H,1-3,14H2. The fourth-order valence-corrected chi connectivity index (χ4v) is 2.93. The molecule has 0 saturated heterocycles. The van der Waals surface area contributed by atoms with E-state index in [0.717, 1.165) is 6.42 Å². The Hall–Kier alpha value is -0.310. The summed E-state index contributed by atoms with van der Waals surface area (Å²) in [4.78, 5) is 22.9. The number of Topliss-reactive ketones (excluding diaryl/α,β-unsaturated/α-hetero) is 2. The average molecular weight is 216 g/mol. The van der Waals surface area contributed by atoms with Crippen LogP contribution in [-0.4, -0.2) is 33.2 Å². The Morgan fingerprint density at radius 2 is 1.71 bits per heavy atom. The first-order valence-corrected chi connectivity index (χ1v) is 5.40. The fourth-order valence-electron chi connectivity index (χ4n) is 2.45. The van der Waals surface area contributed by atoms with Gasteiger partial charge in [0.1, 0.15) is 0 Å². The van der Waals surface area contributed by atoms with Crippen LogP contribution in [0.25, 0.3) is 0 Å². The molecule has 78 valence electrons. The maximum absolute atomic E-state index is 11.5. The van der Waals surface area contributed by atoms with Gasteiger partial charge in [0, 0.05) is 11.8 Å². The van der Waals surface area contributed by atoms with Gasteiger partial charge in [-0.15, -0.1) is 9.24 Å². The molecular formula is C9H13O4P. The quantitative estimate of drug-likeness (QED) is 0.324. The summed E-state index contributed by atoms with van der Waals surface area (Å²) >= 11 is 0. The van der Waals surface area contributed by atoms with E-state index >= 15 is 0 Å². The van der Waals surface area contributed by atoms with Crippen LogP contribution in [0, 0.1) is 11.8 Å². The summed E-state index contributed by atoms with van der Waals surface area (Å²) in [6.45, 7) is 0. The maximum atomic E-state index is 11.5. The first kappa shape index (κ1) is 10.2. The van der Waals surface area contributed by atoms with Gasteiger partial charge in [-0.3, -0.25) is 9.59 Å². The lowest BCUT2D eigenvalue weighted by Gasteiger charge is -2.26. The molecule has 2 N–H and O–H groups in total. The van der Waals surface area contributed by atoms with Crippen molar-refractivity contribution >= 4 is 20.8 Å². The Bertz CT molecular complexity index is 299. The molecule has 4 atom stereocenters. The molecule has 0 spiro atoms. The van der Waals surface area contributed by atoms with Gasteiger partial charge < -0.3 is 10.2 Å². The van der Waals surface area contributed by atoms with E-state index < -0.39 is 29.2 Å². The summed E-state index contributed by atoms with van der Waals surface area (Å²) in [6.07, 6.45) is 2.01. The SMILES string of the molecule is O=C1C2CCC(P)CC2C(=O)C1(O)O. The topological polar surface area (TPSA) is 74.6 Å². The van der Waals surface area contributed by atoms with Gasteiger partial charge in [0.05, 0.1) is 0 Å². The summed E-state index contributed by atoms with van der Waals surface area (Å²) < 4.78 is 0. The normalized spacial score (nSPS) is 41.2. The van der Waals surface area contributed by atoms with Crippen molar-refractivity contribution in [3.05, 3.63) is 0 Å². The zero-order chi connectivity index (χ0) is 10.5. The van der Waals surface area contributed by atoms with Crippen LogP contribution in [0.3, 0.4) is 0 Å². The van der Waals surface area contributed by atoms with Crippen molar-refractivity contribution in [2.24, 2.45) is 11.8 Å². The van der Waals surface area contributed by atoms with E-state index in [-0.39, 0.29) is 0 Å². The van der Waals surface area contributed by atoms with Crippen molar-refractivity contribution < 1.29 is 19.8 Å². The van der Waals surface area contributed by atoms with Crippen molar-refractivity contribution in [3.63, 3.8) is 0 Å². The highest BCUT2D eigenvalue weighted by Gasteiger charge is 2.59. The van der Waals surface area contributed by atoms with E-state index in [1.165, 1.54) is 0 Å². The second kappa shape index (κ2) is 3.09. The highest BCUT2D eigenvalue weighted by atomic mass is 31.0. The van der Waals surface area contributed by atoms with Crippen LogP contribution >= 0.6 is 9.24 Å². The Morgan fingerprint density at radius 3 is 2.36 bits per heavy atom. The fraction of sp³-hybridized carbons (Fsp3) is 0.778. The van der Waals surface area contributed by atoms with E-state index in [1.807, 2.05) is 0 Å². The Morgan fingerprint density at radius 1 is 1.14 bits per heavy atom. The zero-order valence-electron chi connectivity index (χ0n) is 7.64. The number of hydrogen-bond donors (Lipinski definition) is 2. The second-order valence-electron chi connectivity index (χ2n) is 4.19. The first-order valence-electron chi connectivity index (χ1n) is 4.73. The molecule has 0 bridgehead atoms. The molecule has 5 heteroatoms. The highest BCUT2D eigenvalue weighted by Crippen LogP contribution is 2.43. The molecule has 2 rings (SSSR count). The minimum Gasteiger partial charge on any atom is -0.354 e. The largest absolute Gasteiger partial charge is 0.354 e. The van der Waals surface area contributed by atoms with E-state index in [2.05, 4.69) is 9.24 Å². The van der Waals surface area contributed by atoms with E-state index in [4.69, 9.17) is 0 Å². The van der Waals surface area contributed by atoms with Crippen molar-refractivity contribution in [3.8, 4) is 0 Å². The van der Waals surface area contributed by atoms with E-state index in [1.54, 1.807) is 0 Å². The zero-order valence-corrected chi connectivity index (χ0v) is 8.80. The Labute approximate surface area is 83.9 Å². The smallest absolute Gasteiger partial charge is 0.286 e. The third kappa shape index (κ3) is 1.25. The lowest BCUT2D eigenvalue weighted by Crippen LogP contribution is -2.41. The molecule has 0 aromatic heterocycles. The number of fused-ring (bicyclic) bond motifs is 1. The van der Waals surface area contributed by atoms with Crippen molar-refractivity contribution in [1.29, 1.82) is 0 Å². The average Bonchev–Trinajstić information content (AvgIpc) is 2.29. The van der Waals surface area contributed by atoms with Crippen molar-refractivity contribution in [2.75, 3.05) is 0 Å². The van der Waals surface area contributed by atoms with Crippen LogP contribution in [0.5, 0.6) is 0 Å². The van der Waals surface area contributed by atoms with Gasteiger partial charge >= 0.3 is 0 Å². The number of hydrogen-bond acceptors (Lipinski definition) is 4. The minimum absolute atomic E-state index is 0.307. The summed E-state index contributed by atoms with van der Waals surface area (Å²) in [5, 5.41) is 18.6. The van der Waals surface area contributed by atoms with Crippen LogP contribution < -0.4 is 0 Å². The molecule has 0 aromatic rings. The molecule has 2 saturated carbocycles. The number of rotatable bonds is 0. The highest BCUT2D eigenvalue weighted by molar-refractivity contribution is 7.17. The minimum atomic E-state index is -2.70. The molecule has 4 nitrogen and oxygen atoms in total. The van der Waals surface area contributed by atoms with Gasteiger partial charge in [-0.05, 0) is 24.9 Å². The molecule has 0 aliphatic heterocycles. The third-order valence-corrected chi connectivity index (χ3v) is 3.86. The summed E-state index contributed by atoms with van der Waals surface area (Å²) in [6, 6.07) is 0. The molecule has 0 amide bonds. The predicted octanol–water partition coefficient (Wildman–Crippen LogP) is -0.521. The second-order valence-corrected chi connectivity index (χ2v) is 5.13. The molecule has 2 fully saturated rings. The predicted molar refractivity (Wildman–Crippen MR) is 51.5 cm³/mol. The van der Waals surface area contributed by atoms with Gasteiger partial charge in [0.2, 0.25) is 11.6 Å². The molecule has 4 unspecified atom stereocenters. The maximum Gasteiger partial charge on any atom is 0.286 e. The van der Waals surface area contributed by atoms with Crippen LogP contribution in [0.1, 0.15) is 19.3 Å². The van der Waals surface area contributed by atoms with Gasteiger partial charge in [0.25, 0.3) is 5.79 Å². The number of aliphatic hydroxyl groups is 2. The third-order valence-electron chi connectivity index (χ3n) is 3.25. The van der Waals surface area contributed by atoms with Crippen molar-refractivity contribution in [1.82, 2.24) is 0 Å². The molecule has 14 heavy (non-hydrogen) atoms. The molecule has 2 aliphatic rings. The number of carbonyl (C=O) groups excluding carboxylic acids is 2. The lowest BCUT2D eigenvalue weighted by atomic mass is 9.81. The summed E-state index contributed by atoms with van der Waals surface area (Å²) in [5.74, 6) is -5.06. The molecular weight excluding hydrogens is 203 g/mol. The van der Waals surface area contributed by atoms with Gasteiger partial charge in [-0.1, -0.05) is 0 Å².